The van der Waals surface area contributed by atoms with E-state index in [4.69, 9.17) is 9.47 Å². The summed E-state index contributed by atoms with van der Waals surface area (Å²) in [4.78, 5) is 0. The van der Waals surface area contributed by atoms with Gasteiger partial charge in [0.25, 0.3) is 0 Å². The molecular weight excluding hydrogens is 228 g/mol. The Hall–Kier alpha value is -1.32. The number of aliphatic hydroxyl groups excluding tert-OH is 1. The molecule has 3 nitrogen and oxygen atoms in total. The second-order valence-electron chi connectivity index (χ2n) is 4.43. The molecule has 0 saturated heterocycles. The number of hydrogen-bond acceptors (Lipinski definition) is 3. The van der Waals surface area contributed by atoms with Crippen molar-refractivity contribution in [2.24, 2.45) is 5.92 Å². The summed E-state index contributed by atoms with van der Waals surface area (Å²) in [5.41, 5.74) is 1.10. The molecule has 18 heavy (non-hydrogen) atoms. The van der Waals surface area contributed by atoms with Crippen LogP contribution in [0.25, 0.3) is 0 Å². The van der Waals surface area contributed by atoms with E-state index in [0.29, 0.717) is 19.6 Å². The van der Waals surface area contributed by atoms with Gasteiger partial charge in [0.2, 0.25) is 0 Å². The SMILES string of the molecule is C=CC[C@@H](O)[C@@H](C)COCc1ccc(OC)cc1. The lowest BCUT2D eigenvalue weighted by atomic mass is 10.0. The number of hydrogen-bond donors (Lipinski definition) is 1. The van der Waals surface area contributed by atoms with Gasteiger partial charge in [-0.05, 0) is 24.1 Å². The van der Waals surface area contributed by atoms with Gasteiger partial charge in [0.15, 0.2) is 0 Å². The number of methoxy groups -OCH3 is 1. The van der Waals surface area contributed by atoms with Crippen molar-refractivity contribution in [3.05, 3.63) is 42.5 Å². The van der Waals surface area contributed by atoms with Crippen molar-refractivity contribution >= 4 is 0 Å². The molecule has 1 N–H and O–H groups in total. The fourth-order valence-corrected chi connectivity index (χ4v) is 1.60. The largest absolute Gasteiger partial charge is 0.497 e. The topological polar surface area (TPSA) is 38.7 Å². The lowest BCUT2D eigenvalue weighted by molar-refractivity contribution is 0.0303. The van der Waals surface area contributed by atoms with E-state index in [1.807, 2.05) is 31.2 Å². The van der Waals surface area contributed by atoms with E-state index in [1.165, 1.54) is 0 Å². The Bertz CT molecular complexity index is 345. The first-order chi connectivity index (χ1) is 8.67. The minimum Gasteiger partial charge on any atom is -0.497 e. The molecule has 1 rings (SSSR count). The summed E-state index contributed by atoms with van der Waals surface area (Å²) >= 11 is 0. The summed E-state index contributed by atoms with van der Waals surface area (Å²) in [7, 11) is 1.65. The number of aliphatic hydroxyl groups is 1. The third-order valence-electron chi connectivity index (χ3n) is 2.87. The van der Waals surface area contributed by atoms with Crippen molar-refractivity contribution < 1.29 is 14.6 Å². The molecule has 1 aromatic rings. The average molecular weight is 250 g/mol. The molecule has 0 aliphatic rings. The summed E-state index contributed by atoms with van der Waals surface area (Å²) in [5.74, 6) is 0.953. The molecular formula is C15H22O3. The first-order valence-electron chi connectivity index (χ1n) is 6.17. The van der Waals surface area contributed by atoms with Crippen molar-refractivity contribution in [2.75, 3.05) is 13.7 Å². The van der Waals surface area contributed by atoms with Gasteiger partial charge in [-0.25, -0.2) is 0 Å². The monoisotopic (exact) mass is 250 g/mol. The highest BCUT2D eigenvalue weighted by atomic mass is 16.5. The molecule has 0 bridgehead atoms. The Morgan fingerprint density at radius 2 is 2.00 bits per heavy atom. The highest BCUT2D eigenvalue weighted by Crippen LogP contribution is 2.13. The number of benzene rings is 1. The van der Waals surface area contributed by atoms with Crippen LogP contribution < -0.4 is 4.74 Å². The maximum Gasteiger partial charge on any atom is 0.118 e. The molecule has 100 valence electrons. The van der Waals surface area contributed by atoms with Gasteiger partial charge >= 0.3 is 0 Å². The molecule has 1 aromatic carbocycles. The van der Waals surface area contributed by atoms with Crippen LogP contribution in [0.2, 0.25) is 0 Å². The van der Waals surface area contributed by atoms with Crippen LogP contribution in [0.15, 0.2) is 36.9 Å². The van der Waals surface area contributed by atoms with Crippen LogP contribution in [0, 0.1) is 5.92 Å². The molecule has 0 spiro atoms. The first-order valence-corrected chi connectivity index (χ1v) is 6.17. The first kappa shape index (κ1) is 14.7. The minimum atomic E-state index is -0.377. The number of rotatable bonds is 8. The molecule has 0 aliphatic heterocycles. The zero-order valence-electron chi connectivity index (χ0n) is 11.1. The fraction of sp³-hybridized carbons (Fsp3) is 0.467. The van der Waals surface area contributed by atoms with E-state index in [9.17, 15) is 5.11 Å². The van der Waals surface area contributed by atoms with Crippen molar-refractivity contribution in [2.45, 2.75) is 26.1 Å². The molecule has 0 aliphatic carbocycles. The van der Waals surface area contributed by atoms with E-state index in [-0.39, 0.29) is 12.0 Å². The van der Waals surface area contributed by atoms with Crippen molar-refractivity contribution in [1.82, 2.24) is 0 Å². The normalized spacial score (nSPS) is 13.9. The number of ether oxygens (including phenoxy) is 2. The van der Waals surface area contributed by atoms with Crippen LogP contribution in [0.5, 0.6) is 5.75 Å². The zero-order chi connectivity index (χ0) is 13.4. The molecule has 2 atom stereocenters. The van der Waals surface area contributed by atoms with Crippen molar-refractivity contribution in [3.8, 4) is 5.75 Å². The van der Waals surface area contributed by atoms with E-state index < -0.39 is 0 Å². The summed E-state index contributed by atoms with van der Waals surface area (Å²) in [6.07, 6.45) is 1.95. The maximum absolute atomic E-state index is 9.72. The molecule has 0 radical (unpaired) electrons. The van der Waals surface area contributed by atoms with Crippen LogP contribution in [0.1, 0.15) is 18.9 Å². The zero-order valence-corrected chi connectivity index (χ0v) is 11.1. The quantitative estimate of drug-likeness (QED) is 0.721. The average Bonchev–Trinajstić information content (AvgIpc) is 2.39. The smallest absolute Gasteiger partial charge is 0.118 e. The van der Waals surface area contributed by atoms with Gasteiger partial charge < -0.3 is 14.6 Å². The van der Waals surface area contributed by atoms with Gasteiger partial charge in [-0.15, -0.1) is 6.58 Å². The molecule has 0 aromatic heterocycles. The van der Waals surface area contributed by atoms with Crippen LogP contribution in [0.4, 0.5) is 0 Å². The van der Waals surface area contributed by atoms with Gasteiger partial charge in [-0.2, -0.15) is 0 Å². The second kappa shape index (κ2) is 7.90. The standard InChI is InChI=1S/C15H22O3/c1-4-5-15(16)12(2)10-18-11-13-6-8-14(17-3)9-7-13/h4,6-9,12,15-16H,1,5,10-11H2,2-3H3/t12-,15+/m0/s1. The maximum atomic E-state index is 9.72. The van der Waals surface area contributed by atoms with Gasteiger partial charge in [-0.1, -0.05) is 25.1 Å². The van der Waals surface area contributed by atoms with Gasteiger partial charge in [0.05, 0.1) is 26.4 Å². The Labute approximate surface area is 109 Å². The lowest BCUT2D eigenvalue weighted by Crippen LogP contribution is -2.21. The Balaban J connectivity index is 2.30. The van der Waals surface area contributed by atoms with Gasteiger partial charge in [0, 0.05) is 5.92 Å². The Morgan fingerprint density at radius 1 is 1.33 bits per heavy atom. The molecule has 3 heteroatoms. The van der Waals surface area contributed by atoms with E-state index in [2.05, 4.69) is 6.58 Å². The van der Waals surface area contributed by atoms with Crippen LogP contribution >= 0.6 is 0 Å². The summed E-state index contributed by atoms with van der Waals surface area (Å²) in [6.45, 7) is 6.68. The third-order valence-corrected chi connectivity index (χ3v) is 2.87. The molecule has 0 saturated carbocycles. The predicted octanol–water partition coefficient (Wildman–Crippen LogP) is 2.78. The van der Waals surface area contributed by atoms with E-state index in [1.54, 1.807) is 13.2 Å². The minimum absolute atomic E-state index is 0.112. The van der Waals surface area contributed by atoms with Crippen molar-refractivity contribution in [3.63, 3.8) is 0 Å². The predicted molar refractivity (Wildman–Crippen MR) is 72.6 cm³/mol. The Kier molecular flexibility index (Phi) is 6.47. The molecule has 0 unspecified atom stereocenters. The van der Waals surface area contributed by atoms with Crippen LogP contribution in [0.3, 0.4) is 0 Å². The highest BCUT2D eigenvalue weighted by molar-refractivity contribution is 5.26. The molecule has 0 fully saturated rings. The van der Waals surface area contributed by atoms with Gasteiger partial charge in [-0.3, -0.25) is 0 Å². The molecule has 0 amide bonds. The second-order valence-corrected chi connectivity index (χ2v) is 4.43. The third kappa shape index (κ3) is 4.90. The van der Waals surface area contributed by atoms with Gasteiger partial charge in [0.1, 0.15) is 5.75 Å². The summed E-state index contributed by atoms with van der Waals surface area (Å²) in [6, 6.07) is 7.77. The van der Waals surface area contributed by atoms with Crippen LogP contribution in [-0.4, -0.2) is 24.9 Å². The lowest BCUT2D eigenvalue weighted by Gasteiger charge is -2.17. The Morgan fingerprint density at radius 3 is 2.56 bits per heavy atom. The molecule has 0 heterocycles. The fourth-order valence-electron chi connectivity index (χ4n) is 1.60. The summed E-state index contributed by atoms with van der Waals surface area (Å²) < 4.78 is 10.7. The van der Waals surface area contributed by atoms with Crippen LogP contribution in [-0.2, 0) is 11.3 Å². The van der Waals surface area contributed by atoms with E-state index >= 15 is 0 Å². The van der Waals surface area contributed by atoms with Crippen molar-refractivity contribution in [1.29, 1.82) is 0 Å². The summed E-state index contributed by atoms with van der Waals surface area (Å²) in [5, 5.41) is 9.72. The van der Waals surface area contributed by atoms with E-state index in [0.717, 1.165) is 11.3 Å². The highest BCUT2D eigenvalue weighted by Gasteiger charge is 2.12.